The molecule has 52 valence electrons. The molecule has 0 aliphatic rings. The van der Waals surface area contributed by atoms with Gasteiger partial charge in [-0.2, -0.15) is 0 Å². The molecule has 0 aromatic rings. The van der Waals surface area contributed by atoms with Crippen LogP contribution >= 0.6 is 0 Å². The molecular weight excluding hydrogens is 112 g/mol. The molecule has 9 heavy (non-hydrogen) atoms. The van der Waals surface area contributed by atoms with Crippen molar-refractivity contribution >= 4 is 0 Å². The lowest BCUT2D eigenvalue weighted by Gasteiger charge is -1.89. The van der Waals surface area contributed by atoms with Crippen LogP contribution in [0.1, 0.15) is 20.3 Å². The van der Waals surface area contributed by atoms with Crippen LogP contribution in [0.2, 0.25) is 0 Å². The van der Waals surface area contributed by atoms with Crippen molar-refractivity contribution in [3.8, 4) is 0 Å². The van der Waals surface area contributed by atoms with E-state index in [9.17, 15) is 0 Å². The smallest absolute Gasteiger partial charge is 0.0612 e. The van der Waals surface area contributed by atoms with Crippen molar-refractivity contribution in [2.24, 2.45) is 0 Å². The van der Waals surface area contributed by atoms with Crippen LogP contribution in [0, 0.1) is 0 Å². The van der Waals surface area contributed by atoms with Crippen molar-refractivity contribution in [2.75, 3.05) is 6.61 Å². The second-order valence-corrected chi connectivity index (χ2v) is 1.99. The molecular formula is C8H14O. The molecule has 0 fully saturated rings. The molecule has 0 aromatic heterocycles. The lowest BCUT2D eigenvalue weighted by molar-refractivity contribution is 0.342. The van der Waals surface area contributed by atoms with Gasteiger partial charge in [-0.3, -0.25) is 0 Å². The van der Waals surface area contributed by atoms with Gasteiger partial charge in [0.1, 0.15) is 0 Å². The fraction of sp³-hybridized carbons (Fsp3) is 0.500. The number of aliphatic hydroxyl groups is 1. The Morgan fingerprint density at radius 1 is 1.44 bits per heavy atom. The number of hydrogen-bond acceptors (Lipinski definition) is 1. The minimum Gasteiger partial charge on any atom is -0.392 e. The summed E-state index contributed by atoms with van der Waals surface area (Å²) in [5, 5.41) is 8.35. The lowest BCUT2D eigenvalue weighted by Crippen LogP contribution is -1.73. The van der Waals surface area contributed by atoms with Crippen LogP contribution in [0.25, 0.3) is 0 Å². The Labute approximate surface area is 56.7 Å². The Morgan fingerprint density at radius 2 is 2.11 bits per heavy atom. The summed E-state index contributed by atoms with van der Waals surface area (Å²) in [6, 6.07) is 0. The Hall–Kier alpha value is -0.560. The standard InChI is InChI=1S/C8H14O/c1-3-8(2)6-4-5-7-9/h3-5,9H,6-7H2,1-2H3/b5-4+,8-3-. The van der Waals surface area contributed by atoms with E-state index in [1.807, 2.05) is 13.0 Å². The van der Waals surface area contributed by atoms with Crippen LogP contribution in [0.3, 0.4) is 0 Å². The first-order valence-corrected chi connectivity index (χ1v) is 3.19. The largest absolute Gasteiger partial charge is 0.392 e. The van der Waals surface area contributed by atoms with Crippen molar-refractivity contribution in [3.63, 3.8) is 0 Å². The summed E-state index contributed by atoms with van der Waals surface area (Å²) in [7, 11) is 0. The first kappa shape index (κ1) is 8.44. The fourth-order valence-corrected chi connectivity index (χ4v) is 0.462. The van der Waals surface area contributed by atoms with Crippen molar-refractivity contribution in [1.82, 2.24) is 0 Å². The van der Waals surface area contributed by atoms with Crippen LogP contribution in [0.4, 0.5) is 0 Å². The van der Waals surface area contributed by atoms with Gasteiger partial charge in [-0.1, -0.05) is 23.8 Å². The van der Waals surface area contributed by atoms with E-state index >= 15 is 0 Å². The van der Waals surface area contributed by atoms with E-state index < -0.39 is 0 Å². The average Bonchev–Trinajstić information content (AvgIpc) is 1.89. The first-order chi connectivity index (χ1) is 4.31. The third-order valence-corrected chi connectivity index (χ3v) is 1.20. The molecule has 0 unspecified atom stereocenters. The quantitative estimate of drug-likeness (QED) is 0.572. The van der Waals surface area contributed by atoms with Crippen LogP contribution in [0.5, 0.6) is 0 Å². The molecule has 0 aliphatic heterocycles. The predicted molar refractivity (Wildman–Crippen MR) is 40.3 cm³/mol. The molecule has 0 rings (SSSR count). The average molecular weight is 126 g/mol. The van der Waals surface area contributed by atoms with Crippen LogP contribution in [-0.2, 0) is 0 Å². The van der Waals surface area contributed by atoms with E-state index in [4.69, 9.17) is 5.11 Å². The van der Waals surface area contributed by atoms with Gasteiger partial charge in [0.25, 0.3) is 0 Å². The van der Waals surface area contributed by atoms with Gasteiger partial charge in [-0.25, -0.2) is 0 Å². The summed E-state index contributed by atoms with van der Waals surface area (Å²) in [6.07, 6.45) is 6.75. The maximum Gasteiger partial charge on any atom is 0.0612 e. The third-order valence-electron chi connectivity index (χ3n) is 1.20. The highest BCUT2D eigenvalue weighted by atomic mass is 16.2. The van der Waals surface area contributed by atoms with E-state index in [1.165, 1.54) is 5.57 Å². The number of aliphatic hydroxyl groups excluding tert-OH is 1. The van der Waals surface area contributed by atoms with E-state index in [-0.39, 0.29) is 6.61 Å². The maximum atomic E-state index is 8.35. The van der Waals surface area contributed by atoms with Gasteiger partial charge in [0, 0.05) is 0 Å². The SMILES string of the molecule is C/C=C(/C)C/C=C/CO. The summed E-state index contributed by atoms with van der Waals surface area (Å²) >= 11 is 0. The fourth-order valence-electron chi connectivity index (χ4n) is 0.462. The zero-order chi connectivity index (χ0) is 7.11. The van der Waals surface area contributed by atoms with Gasteiger partial charge < -0.3 is 5.11 Å². The number of hydrogen-bond donors (Lipinski definition) is 1. The van der Waals surface area contributed by atoms with Crippen molar-refractivity contribution < 1.29 is 5.11 Å². The normalized spacial score (nSPS) is 13.0. The van der Waals surface area contributed by atoms with Crippen molar-refractivity contribution in [3.05, 3.63) is 23.8 Å². The summed E-state index contributed by atoms with van der Waals surface area (Å²) < 4.78 is 0. The second kappa shape index (κ2) is 5.57. The summed E-state index contributed by atoms with van der Waals surface area (Å²) in [6.45, 7) is 4.24. The molecule has 0 aromatic carbocycles. The van der Waals surface area contributed by atoms with E-state index in [1.54, 1.807) is 6.08 Å². The van der Waals surface area contributed by atoms with Gasteiger partial charge in [0.2, 0.25) is 0 Å². The Balaban J connectivity index is 3.38. The number of rotatable bonds is 3. The zero-order valence-electron chi connectivity index (χ0n) is 6.09. The van der Waals surface area contributed by atoms with Gasteiger partial charge in [0.15, 0.2) is 0 Å². The Bertz CT molecular complexity index is 112. The highest BCUT2D eigenvalue weighted by molar-refractivity contribution is 5.02. The van der Waals surface area contributed by atoms with E-state index in [0.717, 1.165) is 6.42 Å². The molecule has 0 saturated heterocycles. The van der Waals surface area contributed by atoms with Gasteiger partial charge in [0.05, 0.1) is 6.61 Å². The molecule has 0 aliphatic carbocycles. The highest BCUT2D eigenvalue weighted by Crippen LogP contribution is 1.98. The molecule has 0 heterocycles. The topological polar surface area (TPSA) is 20.2 Å². The van der Waals surface area contributed by atoms with Crippen LogP contribution in [-0.4, -0.2) is 11.7 Å². The summed E-state index contributed by atoms with van der Waals surface area (Å²) in [5.74, 6) is 0. The molecule has 0 amide bonds. The van der Waals surface area contributed by atoms with Gasteiger partial charge in [-0.15, -0.1) is 0 Å². The number of allylic oxidation sites excluding steroid dienone is 3. The molecule has 0 saturated carbocycles. The summed E-state index contributed by atoms with van der Waals surface area (Å²) in [4.78, 5) is 0. The highest BCUT2D eigenvalue weighted by Gasteiger charge is 1.79. The first-order valence-electron chi connectivity index (χ1n) is 3.19. The Morgan fingerprint density at radius 3 is 2.56 bits per heavy atom. The minimum absolute atomic E-state index is 0.150. The monoisotopic (exact) mass is 126 g/mol. The lowest BCUT2D eigenvalue weighted by atomic mass is 10.2. The minimum atomic E-state index is 0.150. The molecule has 0 bridgehead atoms. The second-order valence-electron chi connectivity index (χ2n) is 1.99. The summed E-state index contributed by atoms with van der Waals surface area (Å²) in [5.41, 5.74) is 1.33. The Kier molecular flexibility index (Phi) is 5.23. The maximum absolute atomic E-state index is 8.35. The predicted octanol–water partition coefficient (Wildman–Crippen LogP) is 1.89. The van der Waals surface area contributed by atoms with Crippen LogP contribution < -0.4 is 0 Å². The molecule has 0 atom stereocenters. The van der Waals surface area contributed by atoms with Gasteiger partial charge >= 0.3 is 0 Å². The molecule has 0 radical (unpaired) electrons. The molecule has 1 nitrogen and oxygen atoms in total. The molecule has 0 spiro atoms. The van der Waals surface area contributed by atoms with Crippen molar-refractivity contribution in [2.45, 2.75) is 20.3 Å². The van der Waals surface area contributed by atoms with Crippen molar-refractivity contribution in [1.29, 1.82) is 0 Å². The van der Waals surface area contributed by atoms with Gasteiger partial charge in [-0.05, 0) is 20.3 Å². The molecule has 1 heteroatoms. The molecule has 1 N–H and O–H groups in total. The third kappa shape index (κ3) is 5.31. The van der Waals surface area contributed by atoms with E-state index in [2.05, 4.69) is 13.0 Å². The van der Waals surface area contributed by atoms with Crippen LogP contribution in [0.15, 0.2) is 23.8 Å². The zero-order valence-corrected chi connectivity index (χ0v) is 6.09. The van der Waals surface area contributed by atoms with E-state index in [0.29, 0.717) is 0 Å².